The van der Waals surface area contributed by atoms with Crippen molar-refractivity contribution >= 4 is 8.80 Å². The van der Waals surface area contributed by atoms with Gasteiger partial charge in [-0.3, -0.25) is 0 Å². The Morgan fingerprint density at radius 1 is 0.944 bits per heavy atom. The van der Waals surface area contributed by atoms with Crippen LogP contribution in [-0.2, 0) is 8.85 Å². The van der Waals surface area contributed by atoms with Crippen LogP contribution in [0.25, 0.3) is 0 Å². The van der Waals surface area contributed by atoms with E-state index in [1.54, 1.807) is 0 Å². The van der Waals surface area contributed by atoms with E-state index >= 15 is 0 Å². The monoisotopic (exact) mass is 274 g/mol. The Hall–Kier alpha value is 0.0969. The highest BCUT2D eigenvalue weighted by molar-refractivity contribution is 6.61. The summed E-state index contributed by atoms with van der Waals surface area (Å²) in [5.74, 6) is 0. The van der Waals surface area contributed by atoms with Gasteiger partial charge in [0.1, 0.15) is 0 Å². The maximum absolute atomic E-state index is 10.8. The molecule has 1 fully saturated rings. The molecule has 0 aromatic rings. The molecule has 0 aromatic heterocycles. The van der Waals surface area contributed by atoms with E-state index in [1.807, 2.05) is 0 Å². The molecule has 1 aliphatic rings. The molecule has 18 heavy (non-hydrogen) atoms. The average Bonchev–Trinajstić information content (AvgIpc) is 2.40. The van der Waals surface area contributed by atoms with Crippen molar-refractivity contribution in [3.05, 3.63) is 0 Å². The lowest BCUT2D eigenvalue weighted by Crippen LogP contribution is -2.48. The molecule has 0 aromatic carbocycles. The second-order valence-corrected chi connectivity index (χ2v) is 8.02. The summed E-state index contributed by atoms with van der Waals surface area (Å²) in [6, 6.07) is 0. The predicted molar refractivity (Wildman–Crippen MR) is 76.5 cm³/mol. The van der Waals surface area contributed by atoms with Gasteiger partial charge in [-0.2, -0.15) is 0 Å². The third-order valence-corrected chi connectivity index (χ3v) is 6.58. The summed E-state index contributed by atoms with van der Waals surface area (Å²) >= 11 is 0. The second-order valence-electron chi connectivity index (χ2n) is 5.37. The van der Waals surface area contributed by atoms with Crippen LogP contribution >= 0.6 is 0 Å². The van der Waals surface area contributed by atoms with E-state index in [-0.39, 0.29) is 0 Å². The maximum Gasteiger partial charge on any atom is 0.501 e. The van der Waals surface area contributed by atoms with Gasteiger partial charge in [0.2, 0.25) is 0 Å². The fourth-order valence-corrected chi connectivity index (χ4v) is 5.04. The van der Waals surface area contributed by atoms with Crippen LogP contribution < -0.4 is 0 Å². The van der Waals surface area contributed by atoms with E-state index in [9.17, 15) is 4.80 Å². The minimum Gasteiger partial charge on any atom is -0.390 e. The lowest BCUT2D eigenvalue weighted by atomic mass is 10.0. The average molecular weight is 274 g/mol. The van der Waals surface area contributed by atoms with Crippen LogP contribution in [-0.4, -0.2) is 26.8 Å². The zero-order valence-electron chi connectivity index (χ0n) is 12.1. The van der Waals surface area contributed by atoms with Gasteiger partial charge in [0.15, 0.2) is 0 Å². The number of hydrogen-bond acceptors (Lipinski definition) is 3. The Morgan fingerprint density at radius 3 is 1.89 bits per heavy atom. The minimum absolute atomic E-state index is 0.292. The first-order valence-corrected chi connectivity index (χ1v) is 9.57. The third kappa shape index (κ3) is 5.39. The summed E-state index contributed by atoms with van der Waals surface area (Å²) in [4.78, 5) is 10.8. The summed E-state index contributed by atoms with van der Waals surface area (Å²) in [5.41, 5.74) is 0.292. The zero-order valence-corrected chi connectivity index (χ0v) is 13.1. The molecule has 4 heteroatoms. The minimum atomic E-state index is -2.92. The second kappa shape index (κ2) is 9.07. The van der Waals surface area contributed by atoms with Crippen molar-refractivity contribution in [2.24, 2.45) is 0 Å². The molecule has 0 saturated heterocycles. The van der Waals surface area contributed by atoms with E-state index in [2.05, 4.69) is 13.8 Å². The third-order valence-electron chi connectivity index (χ3n) is 3.73. The molecule has 0 radical (unpaired) electrons. The standard InChI is InChI=1S/C14H30O3Si/c1-3-5-12-16-18(15,17-13-6-4-2)14-10-8-7-9-11-14/h14-15H,3-13H2,1-2H3. The van der Waals surface area contributed by atoms with Gasteiger partial charge in [0.05, 0.1) is 0 Å². The van der Waals surface area contributed by atoms with Crippen molar-refractivity contribution in [2.45, 2.75) is 77.2 Å². The number of unbranched alkanes of at least 4 members (excludes halogenated alkanes) is 2. The van der Waals surface area contributed by atoms with Crippen molar-refractivity contribution in [3.63, 3.8) is 0 Å². The van der Waals surface area contributed by atoms with Crippen LogP contribution in [0.3, 0.4) is 0 Å². The molecule has 1 aliphatic carbocycles. The molecule has 108 valence electrons. The quantitative estimate of drug-likeness (QED) is 0.512. The highest BCUT2D eigenvalue weighted by Gasteiger charge is 2.46. The Kier molecular flexibility index (Phi) is 8.14. The molecule has 0 heterocycles. The highest BCUT2D eigenvalue weighted by atomic mass is 28.4. The molecule has 1 N–H and O–H groups in total. The van der Waals surface area contributed by atoms with Crippen molar-refractivity contribution in [3.8, 4) is 0 Å². The van der Waals surface area contributed by atoms with Crippen LogP contribution in [0.5, 0.6) is 0 Å². The first kappa shape index (κ1) is 16.2. The fraction of sp³-hybridized carbons (Fsp3) is 1.00. The molecule has 0 unspecified atom stereocenters. The van der Waals surface area contributed by atoms with Crippen molar-refractivity contribution < 1.29 is 13.6 Å². The van der Waals surface area contributed by atoms with Crippen LogP contribution in [0.4, 0.5) is 0 Å². The Balaban J connectivity index is 2.47. The van der Waals surface area contributed by atoms with Crippen molar-refractivity contribution in [1.82, 2.24) is 0 Å². The molecular formula is C14H30O3Si. The van der Waals surface area contributed by atoms with Gasteiger partial charge >= 0.3 is 8.80 Å². The van der Waals surface area contributed by atoms with Gasteiger partial charge in [-0.15, -0.1) is 0 Å². The van der Waals surface area contributed by atoms with Gasteiger partial charge in [-0.25, -0.2) is 0 Å². The predicted octanol–water partition coefficient (Wildman–Crippen LogP) is 3.89. The lowest BCUT2D eigenvalue weighted by molar-refractivity contribution is 0.0786. The summed E-state index contributed by atoms with van der Waals surface area (Å²) < 4.78 is 11.7. The molecule has 1 saturated carbocycles. The molecule has 0 atom stereocenters. The molecule has 0 spiro atoms. The summed E-state index contributed by atoms with van der Waals surface area (Å²) in [5, 5.41) is 0. The van der Waals surface area contributed by atoms with Crippen LogP contribution in [0, 0.1) is 0 Å². The van der Waals surface area contributed by atoms with Gasteiger partial charge < -0.3 is 13.6 Å². The van der Waals surface area contributed by atoms with Crippen molar-refractivity contribution in [2.75, 3.05) is 13.2 Å². The number of rotatable bonds is 9. The van der Waals surface area contributed by atoms with Crippen LogP contribution in [0.2, 0.25) is 5.54 Å². The molecule has 0 amide bonds. The van der Waals surface area contributed by atoms with Crippen LogP contribution in [0.1, 0.15) is 71.6 Å². The van der Waals surface area contributed by atoms with Gasteiger partial charge in [-0.1, -0.05) is 46.0 Å². The Morgan fingerprint density at radius 2 is 1.44 bits per heavy atom. The highest BCUT2D eigenvalue weighted by Crippen LogP contribution is 2.36. The topological polar surface area (TPSA) is 38.7 Å². The Labute approximate surface area is 113 Å². The molecule has 1 rings (SSSR count). The molecule has 0 bridgehead atoms. The molecule has 3 nitrogen and oxygen atoms in total. The SMILES string of the molecule is CCCCO[Si](O)(OCCCC)C1CCCCC1. The number of hydrogen-bond donors (Lipinski definition) is 1. The Bertz CT molecular complexity index is 195. The normalized spacial score (nSPS) is 18.2. The van der Waals surface area contributed by atoms with Gasteiger partial charge in [-0.05, 0) is 25.7 Å². The van der Waals surface area contributed by atoms with E-state index in [1.165, 1.54) is 19.3 Å². The van der Waals surface area contributed by atoms with E-state index in [0.717, 1.165) is 38.5 Å². The summed E-state index contributed by atoms with van der Waals surface area (Å²) in [7, 11) is -2.92. The van der Waals surface area contributed by atoms with E-state index in [0.29, 0.717) is 18.8 Å². The first-order valence-electron chi connectivity index (χ1n) is 7.73. The largest absolute Gasteiger partial charge is 0.501 e. The van der Waals surface area contributed by atoms with Crippen LogP contribution in [0.15, 0.2) is 0 Å². The summed E-state index contributed by atoms with van der Waals surface area (Å²) in [6.07, 6.45) is 10.1. The van der Waals surface area contributed by atoms with Gasteiger partial charge in [0, 0.05) is 18.8 Å². The van der Waals surface area contributed by atoms with E-state index < -0.39 is 8.80 Å². The summed E-state index contributed by atoms with van der Waals surface area (Å²) in [6.45, 7) is 5.59. The molecule has 0 aliphatic heterocycles. The van der Waals surface area contributed by atoms with E-state index in [4.69, 9.17) is 8.85 Å². The van der Waals surface area contributed by atoms with Crippen molar-refractivity contribution in [1.29, 1.82) is 0 Å². The smallest absolute Gasteiger partial charge is 0.390 e. The maximum atomic E-state index is 10.8. The molecular weight excluding hydrogens is 244 g/mol. The lowest BCUT2D eigenvalue weighted by Gasteiger charge is -2.34. The van der Waals surface area contributed by atoms with Gasteiger partial charge in [0.25, 0.3) is 0 Å². The zero-order chi connectivity index (χ0) is 13.3. The fourth-order valence-electron chi connectivity index (χ4n) is 2.47. The first-order chi connectivity index (χ1) is 8.73.